The molecule has 1 aliphatic carbocycles. The maximum absolute atomic E-state index is 12.8. The second-order valence-corrected chi connectivity index (χ2v) is 8.95. The Hall–Kier alpha value is -2.33. The first-order chi connectivity index (χ1) is 13.4. The molecule has 0 unspecified atom stereocenters. The first kappa shape index (κ1) is 19.0. The fourth-order valence-corrected chi connectivity index (χ4v) is 4.02. The summed E-state index contributed by atoms with van der Waals surface area (Å²) in [6, 6.07) is 22.1. The first-order valence-electron chi connectivity index (χ1n) is 10.3. The van der Waals surface area contributed by atoms with E-state index >= 15 is 0 Å². The van der Waals surface area contributed by atoms with Gasteiger partial charge in [0, 0.05) is 19.1 Å². The molecule has 1 heterocycles. The summed E-state index contributed by atoms with van der Waals surface area (Å²) in [5, 5.41) is 0. The lowest BCUT2D eigenvalue weighted by Gasteiger charge is -2.49. The summed E-state index contributed by atoms with van der Waals surface area (Å²) in [5.41, 5.74) is 2.13. The van der Waals surface area contributed by atoms with Gasteiger partial charge in [0.2, 0.25) is 0 Å². The Kier molecular flexibility index (Phi) is 5.15. The minimum atomic E-state index is -0.454. The van der Waals surface area contributed by atoms with Crippen LogP contribution in [0.25, 0.3) is 0 Å². The van der Waals surface area contributed by atoms with Crippen LogP contribution in [0, 0.1) is 0 Å². The van der Waals surface area contributed by atoms with Crippen molar-refractivity contribution in [3.8, 4) is 0 Å². The van der Waals surface area contributed by atoms with E-state index in [4.69, 9.17) is 4.74 Å². The monoisotopic (exact) mass is 378 g/mol. The number of benzene rings is 2. The highest BCUT2D eigenvalue weighted by molar-refractivity contribution is 5.69. The molecule has 148 valence electrons. The zero-order chi connectivity index (χ0) is 19.7. The van der Waals surface area contributed by atoms with Gasteiger partial charge in [-0.1, -0.05) is 60.7 Å². The molecular weight excluding hydrogens is 348 g/mol. The second-order valence-electron chi connectivity index (χ2n) is 8.95. The molecular formula is C24H30N2O2. The summed E-state index contributed by atoms with van der Waals surface area (Å²) in [7, 11) is 0. The standard InChI is InChI=1S/C24H30N2O2/c1-24(2,3)28-23(27)26(20-14-15-20)21-16-25(17-21)22(18-10-6-4-7-11-18)19-12-8-5-9-13-19/h4-13,20-22H,14-17H2,1-3H3. The molecule has 2 aliphatic rings. The summed E-state index contributed by atoms with van der Waals surface area (Å²) in [5.74, 6) is 0. The van der Waals surface area contributed by atoms with E-state index in [1.54, 1.807) is 0 Å². The van der Waals surface area contributed by atoms with Gasteiger partial charge in [0.05, 0.1) is 12.1 Å². The van der Waals surface area contributed by atoms with Crippen molar-refractivity contribution in [3.05, 3.63) is 71.8 Å². The third-order valence-electron chi connectivity index (χ3n) is 5.42. The minimum Gasteiger partial charge on any atom is -0.444 e. The zero-order valence-electron chi connectivity index (χ0n) is 17.0. The fourth-order valence-electron chi connectivity index (χ4n) is 4.02. The molecule has 0 N–H and O–H groups in total. The topological polar surface area (TPSA) is 32.8 Å². The van der Waals surface area contributed by atoms with E-state index < -0.39 is 5.60 Å². The van der Waals surface area contributed by atoms with Gasteiger partial charge in [-0.25, -0.2) is 4.79 Å². The summed E-state index contributed by atoms with van der Waals surface area (Å²) < 4.78 is 5.69. The third kappa shape index (κ3) is 4.22. The number of hydrogen-bond acceptors (Lipinski definition) is 3. The molecule has 1 saturated carbocycles. The van der Waals surface area contributed by atoms with E-state index in [0.717, 1.165) is 25.9 Å². The molecule has 0 bridgehead atoms. The SMILES string of the molecule is CC(C)(C)OC(=O)N(C1CC1)C1CN(C(c2ccccc2)c2ccccc2)C1. The first-order valence-corrected chi connectivity index (χ1v) is 10.3. The van der Waals surface area contributed by atoms with E-state index in [2.05, 4.69) is 65.6 Å². The van der Waals surface area contributed by atoms with Crippen molar-refractivity contribution in [2.75, 3.05) is 13.1 Å². The molecule has 2 aromatic carbocycles. The maximum atomic E-state index is 12.8. The minimum absolute atomic E-state index is 0.157. The number of nitrogens with zero attached hydrogens (tertiary/aromatic N) is 2. The molecule has 4 rings (SSSR count). The Balaban J connectivity index is 1.50. The van der Waals surface area contributed by atoms with Crippen molar-refractivity contribution in [3.63, 3.8) is 0 Å². The van der Waals surface area contributed by atoms with Gasteiger partial charge in [0.25, 0.3) is 0 Å². The number of amides is 1. The fraction of sp³-hybridized carbons (Fsp3) is 0.458. The Morgan fingerprint density at radius 2 is 1.43 bits per heavy atom. The van der Waals surface area contributed by atoms with Crippen LogP contribution in [0.4, 0.5) is 4.79 Å². The lowest BCUT2D eigenvalue weighted by Crippen LogP contribution is -2.62. The Labute approximate surface area is 168 Å². The van der Waals surface area contributed by atoms with Gasteiger partial charge in [-0.15, -0.1) is 0 Å². The summed E-state index contributed by atoms with van der Waals surface area (Å²) in [6.45, 7) is 7.56. The maximum Gasteiger partial charge on any atom is 0.410 e. The van der Waals surface area contributed by atoms with Crippen LogP contribution >= 0.6 is 0 Å². The average molecular weight is 379 g/mol. The molecule has 0 radical (unpaired) electrons. The molecule has 2 aromatic rings. The van der Waals surface area contributed by atoms with E-state index in [9.17, 15) is 4.79 Å². The highest BCUT2D eigenvalue weighted by Crippen LogP contribution is 2.37. The molecule has 4 heteroatoms. The normalized spacial score (nSPS) is 18.0. The number of carbonyl (C=O) groups excluding carboxylic acids is 1. The third-order valence-corrected chi connectivity index (χ3v) is 5.42. The van der Waals surface area contributed by atoms with E-state index in [1.165, 1.54) is 11.1 Å². The van der Waals surface area contributed by atoms with Crippen LogP contribution in [0.3, 0.4) is 0 Å². The lowest BCUT2D eigenvalue weighted by molar-refractivity contribution is -0.0229. The van der Waals surface area contributed by atoms with E-state index in [-0.39, 0.29) is 18.2 Å². The van der Waals surface area contributed by atoms with Gasteiger partial charge in [-0.2, -0.15) is 0 Å². The van der Waals surface area contributed by atoms with Crippen molar-refractivity contribution in [1.82, 2.24) is 9.80 Å². The molecule has 2 fully saturated rings. The predicted octanol–water partition coefficient (Wildman–Crippen LogP) is 4.86. The highest BCUT2D eigenvalue weighted by atomic mass is 16.6. The number of ether oxygens (including phenoxy) is 1. The number of likely N-dealkylation sites (tertiary alicyclic amines) is 1. The van der Waals surface area contributed by atoms with Crippen molar-refractivity contribution < 1.29 is 9.53 Å². The Morgan fingerprint density at radius 3 is 1.86 bits per heavy atom. The smallest absolute Gasteiger partial charge is 0.410 e. The molecule has 1 saturated heterocycles. The van der Waals surface area contributed by atoms with Gasteiger partial charge < -0.3 is 4.74 Å². The van der Waals surface area contributed by atoms with Crippen LogP contribution < -0.4 is 0 Å². The largest absolute Gasteiger partial charge is 0.444 e. The molecule has 0 spiro atoms. The molecule has 0 aromatic heterocycles. The van der Waals surface area contributed by atoms with Crippen LogP contribution in [0.2, 0.25) is 0 Å². The van der Waals surface area contributed by atoms with Crippen molar-refractivity contribution >= 4 is 6.09 Å². The second kappa shape index (κ2) is 7.59. The summed E-state index contributed by atoms with van der Waals surface area (Å²) in [4.78, 5) is 17.3. The number of carbonyl (C=O) groups is 1. The van der Waals surface area contributed by atoms with E-state index in [1.807, 2.05) is 25.7 Å². The molecule has 4 nitrogen and oxygen atoms in total. The van der Waals surface area contributed by atoms with Gasteiger partial charge >= 0.3 is 6.09 Å². The average Bonchev–Trinajstić information content (AvgIpc) is 3.45. The van der Waals surface area contributed by atoms with Crippen LogP contribution in [0.15, 0.2) is 60.7 Å². The van der Waals surface area contributed by atoms with Crippen LogP contribution in [-0.2, 0) is 4.74 Å². The molecule has 1 amide bonds. The highest BCUT2D eigenvalue weighted by Gasteiger charge is 2.46. The van der Waals surface area contributed by atoms with Gasteiger partial charge in [0.1, 0.15) is 5.60 Å². The van der Waals surface area contributed by atoms with Gasteiger partial charge in [-0.3, -0.25) is 9.80 Å². The Bertz CT molecular complexity index is 751. The van der Waals surface area contributed by atoms with Crippen molar-refractivity contribution in [2.24, 2.45) is 0 Å². The van der Waals surface area contributed by atoms with Crippen LogP contribution in [-0.4, -0.2) is 46.7 Å². The van der Waals surface area contributed by atoms with Crippen LogP contribution in [0.5, 0.6) is 0 Å². The van der Waals surface area contributed by atoms with Crippen molar-refractivity contribution in [2.45, 2.75) is 57.3 Å². The van der Waals surface area contributed by atoms with Crippen molar-refractivity contribution in [1.29, 1.82) is 0 Å². The quantitative estimate of drug-likeness (QED) is 0.745. The molecule has 0 atom stereocenters. The summed E-state index contributed by atoms with van der Waals surface area (Å²) in [6.07, 6.45) is 2.03. The Morgan fingerprint density at radius 1 is 0.929 bits per heavy atom. The van der Waals surface area contributed by atoms with Gasteiger partial charge in [0.15, 0.2) is 0 Å². The lowest BCUT2D eigenvalue weighted by atomic mass is 9.92. The van der Waals surface area contributed by atoms with E-state index in [0.29, 0.717) is 6.04 Å². The summed E-state index contributed by atoms with van der Waals surface area (Å²) >= 11 is 0. The number of hydrogen-bond donors (Lipinski definition) is 0. The van der Waals surface area contributed by atoms with Gasteiger partial charge in [-0.05, 0) is 44.7 Å². The zero-order valence-corrected chi connectivity index (χ0v) is 17.0. The van der Waals surface area contributed by atoms with Crippen LogP contribution in [0.1, 0.15) is 50.8 Å². The molecule has 1 aliphatic heterocycles. The number of rotatable bonds is 5. The predicted molar refractivity (Wildman–Crippen MR) is 111 cm³/mol. The molecule has 28 heavy (non-hydrogen) atoms.